The van der Waals surface area contributed by atoms with Gasteiger partial charge in [0.15, 0.2) is 17.2 Å². The van der Waals surface area contributed by atoms with Crippen molar-refractivity contribution in [3.63, 3.8) is 0 Å². The van der Waals surface area contributed by atoms with Crippen LogP contribution in [0.3, 0.4) is 0 Å². The van der Waals surface area contributed by atoms with Crippen LogP contribution in [0.5, 0.6) is 17.2 Å². The minimum absolute atomic E-state index is 0.0425. The molecule has 0 bridgehead atoms. The monoisotopic (exact) mass is 436 g/mol. The minimum Gasteiger partial charge on any atom is -0.504 e. The van der Waals surface area contributed by atoms with Crippen LogP contribution in [-0.2, 0) is 16.0 Å². The predicted octanol–water partition coefficient (Wildman–Crippen LogP) is 7.00. The molecule has 0 aliphatic carbocycles. The average Bonchev–Trinajstić information content (AvgIpc) is 2.71. The number of hydrogen-bond donors (Lipinski definition) is 3. The summed E-state index contributed by atoms with van der Waals surface area (Å²) in [6.45, 7) is 6.66. The number of unbranched alkanes of at least 4 members (excludes halogenated alkanes) is 8. The first kappa shape index (κ1) is 27.1. The van der Waals surface area contributed by atoms with Crippen molar-refractivity contribution in [3.8, 4) is 17.2 Å². The van der Waals surface area contributed by atoms with Crippen LogP contribution in [0.15, 0.2) is 12.1 Å². The molecule has 0 saturated heterocycles. The molecule has 0 aromatic heterocycles. The summed E-state index contributed by atoms with van der Waals surface area (Å²) in [5.41, 5.74) is 0.420. The highest BCUT2D eigenvalue weighted by Gasteiger charge is 2.19. The van der Waals surface area contributed by atoms with Gasteiger partial charge in [0, 0.05) is 0 Å². The Morgan fingerprint density at radius 2 is 1.35 bits per heavy atom. The van der Waals surface area contributed by atoms with E-state index in [9.17, 15) is 20.1 Å². The predicted molar refractivity (Wildman–Crippen MR) is 126 cm³/mol. The van der Waals surface area contributed by atoms with Gasteiger partial charge in [-0.25, -0.2) is 0 Å². The molecule has 2 unspecified atom stereocenters. The fourth-order valence-electron chi connectivity index (χ4n) is 4.02. The summed E-state index contributed by atoms with van der Waals surface area (Å²) in [6.07, 6.45) is 15.0. The number of carbonyl (C=O) groups excluding carboxylic acids is 1. The van der Waals surface area contributed by atoms with E-state index in [0.29, 0.717) is 11.5 Å². The Labute approximate surface area is 188 Å². The second-order valence-corrected chi connectivity index (χ2v) is 9.02. The van der Waals surface area contributed by atoms with Gasteiger partial charge in [0.25, 0.3) is 0 Å². The number of ether oxygens (including phenoxy) is 1. The van der Waals surface area contributed by atoms with E-state index >= 15 is 0 Å². The standard InChI is InChI=1S/C26H44O5/c1-4-6-8-9-10-11-13-15-22(16-20(3)14-12-7-5-2)31-25(29)19-21-17-23(27)26(30)24(28)18-21/h17-18,20,22,27-28,30H,4-16,19H2,1-3H3. The molecule has 0 saturated carbocycles. The summed E-state index contributed by atoms with van der Waals surface area (Å²) in [6, 6.07) is 2.57. The largest absolute Gasteiger partial charge is 0.504 e. The van der Waals surface area contributed by atoms with E-state index in [2.05, 4.69) is 20.8 Å². The molecule has 0 fully saturated rings. The van der Waals surface area contributed by atoms with Crippen LogP contribution < -0.4 is 0 Å². The molecule has 1 rings (SSSR count). The molecule has 31 heavy (non-hydrogen) atoms. The molecule has 5 nitrogen and oxygen atoms in total. The Bertz CT molecular complexity index is 605. The molecular weight excluding hydrogens is 392 g/mol. The summed E-state index contributed by atoms with van der Waals surface area (Å²) in [4.78, 5) is 12.5. The van der Waals surface area contributed by atoms with Crippen molar-refractivity contribution in [3.05, 3.63) is 17.7 Å². The summed E-state index contributed by atoms with van der Waals surface area (Å²) in [5, 5.41) is 28.8. The van der Waals surface area contributed by atoms with Crippen LogP contribution in [0.25, 0.3) is 0 Å². The van der Waals surface area contributed by atoms with Gasteiger partial charge in [-0.3, -0.25) is 4.79 Å². The quantitative estimate of drug-likeness (QED) is 0.139. The van der Waals surface area contributed by atoms with Gasteiger partial charge in [0.05, 0.1) is 6.42 Å². The molecule has 1 aromatic carbocycles. The lowest BCUT2D eigenvalue weighted by atomic mass is 9.94. The van der Waals surface area contributed by atoms with E-state index < -0.39 is 17.2 Å². The molecule has 0 radical (unpaired) electrons. The number of esters is 1. The van der Waals surface area contributed by atoms with Crippen molar-refractivity contribution in [2.24, 2.45) is 5.92 Å². The first-order valence-electron chi connectivity index (χ1n) is 12.3. The van der Waals surface area contributed by atoms with Gasteiger partial charge in [-0.15, -0.1) is 0 Å². The third-order valence-corrected chi connectivity index (χ3v) is 5.87. The Hall–Kier alpha value is -1.91. The number of benzene rings is 1. The molecule has 0 aliphatic heterocycles. The Morgan fingerprint density at radius 1 is 0.839 bits per heavy atom. The van der Waals surface area contributed by atoms with Gasteiger partial charge in [0.1, 0.15) is 6.10 Å². The molecule has 2 atom stereocenters. The summed E-state index contributed by atoms with van der Waals surface area (Å²) < 4.78 is 5.82. The fourth-order valence-corrected chi connectivity index (χ4v) is 4.02. The average molecular weight is 437 g/mol. The van der Waals surface area contributed by atoms with E-state index in [1.807, 2.05) is 0 Å². The van der Waals surface area contributed by atoms with Crippen molar-refractivity contribution in [2.45, 2.75) is 117 Å². The zero-order valence-corrected chi connectivity index (χ0v) is 19.9. The van der Waals surface area contributed by atoms with Gasteiger partial charge >= 0.3 is 5.97 Å². The Kier molecular flexibility index (Phi) is 13.8. The first-order valence-corrected chi connectivity index (χ1v) is 12.3. The summed E-state index contributed by atoms with van der Waals surface area (Å²) in [7, 11) is 0. The van der Waals surface area contributed by atoms with E-state index in [4.69, 9.17) is 4.74 Å². The minimum atomic E-state index is -0.574. The lowest BCUT2D eigenvalue weighted by molar-refractivity contribution is -0.149. The first-order chi connectivity index (χ1) is 14.9. The third kappa shape index (κ3) is 11.9. The van der Waals surface area contributed by atoms with Crippen LogP contribution in [-0.4, -0.2) is 27.4 Å². The highest BCUT2D eigenvalue weighted by Crippen LogP contribution is 2.35. The van der Waals surface area contributed by atoms with E-state index in [0.717, 1.165) is 25.7 Å². The third-order valence-electron chi connectivity index (χ3n) is 5.87. The number of phenolic OH excluding ortho intramolecular Hbond substituents is 3. The van der Waals surface area contributed by atoms with Crippen LogP contribution in [0, 0.1) is 5.92 Å². The van der Waals surface area contributed by atoms with Crippen LogP contribution >= 0.6 is 0 Å². The van der Waals surface area contributed by atoms with Gasteiger partial charge in [-0.1, -0.05) is 85.0 Å². The molecule has 0 amide bonds. The molecular formula is C26H44O5. The van der Waals surface area contributed by atoms with Gasteiger partial charge in [-0.05, 0) is 42.9 Å². The topological polar surface area (TPSA) is 87.0 Å². The van der Waals surface area contributed by atoms with Crippen molar-refractivity contribution >= 4 is 5.97 Å². The second kappa shape index (κ2) is 15.8. The second-order valence-electron chi connectivity index (χ2n) is 9.02. The van der Waals surface area contributed by atoms with Crippen molar-refractivity contribution < 1.29 is 24.9 Å². The normalized spacial score (nSPS) is 13.1. The maximum atomic E-state index is 12.5. The van der Waals surface area contributed by atoms with Crippen molar-refractivity contribution in [1.29, 1.82) is 0 Å². The molecule has 5 heteroatoms. The smallest absolute Gasteiger partial charge is 0.310 e. The zero-order chi connectivity index (χ0) is 23.1. The Balaban J connectivity index is 2.57. The lowest BCUT2D eigenvalue weighted by Gasteiger charge is -2.22. The van der Waals surface area contributed by atoms with Crippen LogP contribution in [0.2, 0.25) is 0 Å². The van der Waals surface area contributed by atoms with Gasteiger partial charge in [0.2, 0.25) is 0 Å². The van der Waals surface area contributed by atoms with Crippen LogP contribution in [0.1, 0.15) is 110 Å². The maximum Gasteiger partial charge on any atom is 0.310 e. The van der Waals surface area contributed by atoms with Gasteiger partial charge < -0.3 is 20.1 Å². The van der Waals surface area contributed by atoms with Crippen molar-refractivity contribution in [2.75, 3.05) is 0 Å². The molecule has 178 valence electrons. The zero-order valence-electron chi connectivity index (χ0n) is 19.9. The SMILES string of the molecule is CCCCCCCCCC(CC(C)CCCCC)OC(=O)Cc1cc(O)c(O)c(O)c1. The number of rotatable bonds is 17. The van der Waals surface area contributed by atoms with E-state index in [1.165, 1.54) is 69.9 Å². The van der Waals surface area contributed by atoms with Crippen LogP contribution in [0.4, 0.5) is 0 Å². The highest BCUT2D eigenvalue weighted by atomic mass is 16.5. The molecule has 1 aromatic rings. The van der Waals surface area contributed by atoms with Crippen molar-refractivity contribution in [1.82, 2.24) is 0 Å². The van der Waals surface area contributed by atoms with Gasteiger partial charge in [-0.2, -0.15) is 0 Å². The number of phenols is 3. The fraction of sp³-hybridized carbons (Fsp3) is 0.731. The summed E-state index contributed by atoms with van der Waals surface area (Å²) in [5.74, 6) is -1.30. The number of carbonyl (C=O) groups is 1. The number of aromatic hydroxyl groups is 3. The molecule has 0 spiro atoms. The molecule has 0 aliphatic rings. The Morgan fingerprint density at radius 3 is 1.97 bits per heavy atom. The van der Waals surface area contributed by atoms with E-state index in [-0.39, 0.29) is 18.5 Å². The summed E-state index contributed by atoms with van der Waals surface area (Å²) >= 11 is 0. The highest BCUT2D eigenvalue weighted by molar-refractivity contribution is 5.73. The lowest BCUT2D eigenvalue weighted by Crippen LogP contribution is -2.22. The molecule has 0 heterocycles. The number of hydrogen-bond acceptors (Lipinski definition) is 5. The molecule has 3 N–H and O–H groups in total. The maximum absolute atomic E-state index is 12.5. The van der Waals surface area contributed by atoms with E-state index in [1.54, 1.807) is 0 Å².